The summed E-state index contributed by atoms with van der Waals surface area (Å²) in [6.07, 6.45) is 0. The zero-order valence-corrected chi connectivity index (χ0v) is 11.0. The van der Waals surface area contributed by atoms with Gasteiger partial charge in [0.2, 0.25) is 0 Å². The third-order valence-corrected chi connectivity index (χ3v) is 2.81. The molecule has 8 heteroatoms. The zero-order chi connectivity index (χ0) is 10.8. The molecule has 0 unspecified atom stereocenters. The summed E-state index contributed by atoms with van der Waals surface area (Å²) in [7, 11) is -2.86. The van der Waals surface area contributed by atoms with Crippen LogP contribution in [0.25, 0.3) is 0 Å². The van der Waals surface area contributed by atoms with Crippen molar-refractivity contribution in [3.8, 4) is 0 Å². The Labute approximate surface area is 110 Å². The third-order valence-electron chi connectivity index (χ3n) is 1.54. The van der Waals surface area contributed by atoms with E-state index in [1.54, 1.807) is 0 Å². The van der Waals surface area contributed by atoms with Crippen LogP contribution in [-0.4, -0.2) is 20.5 Å². The van der Waals surface area contributed by atoms with Gasteiger partial charge in [0.15, 0.2) is 0 Å². The quantitative estimate of drug-likeness (QED) is 0.265. The van der Waals surface area contributed by atoms with Crippen molar-refractivity contribution >= 4 is 15.8 Å². The topological polar surface area (TPSA) is 86.5 Å². The Hall–Kier alpha value is -0.470. The molecule has 1 rings (SSSR count). The van der Waals surface area contributed by atoms with Gasteiger partial charge in [-0.2, -0.15) is 8.42 Å². The summed E-state index contributed by atoms with van der Waals surface area (Å²) >= 11 is 0. The summed E-state index contributed by atoms with van der Waals surface area (Å²) in [6.45, 7) is 0. The fourth-order valence-electron chi connectivity index (χ4n) is 0.849. The largest absolute Gasteiger partial charge is 1.00 e. The van der Waals surface area contributed by atoms with Gasteiger partial charge in [-0.3, -0.25) is 14.3 Å². The van der Waals surface area contributed by atoms with Crippen LogP contribution in [0.1, 0.15) is 1.43 Å². The molecule has 0 aliphatic carbocycles. The van der Waals surface area contributed by atoms with Gasteiger partial charge < -0.3 is 1.43 Å². The summed E-state index contributed by atoms with van der Waals surface area (Å²) in [5.74, 6) is 0. The van der Waals surface area contributed by atoms with Crippen LogP contribution in [0.5, 0.6) is 0 Å². The van der Waals surface area contributed by atoms with Crippen molar-refractivity contribution in [1.82, 2.24) is 0 Å². The SMILES string of the molecule is COS(=O)(=O)c1cccc([N+](=O)[O-])c1.[H-].[Na+]. The first-order valence-electron chi connectivity index (χ1n) is 3.52. The molecule has 0 radical (unpaired) electrons. The van der Waals surface area contributed by atoms with E-state index in [4.69, 9.17) is 0 Å². The molecule has 0 saturated carbocycles. The van der Waals surface area contributed by atoms with Crippen LogP contribution in [0.4, 0.5) is 5.69 Å². The van der Waals surface area contributed by atoms with Crippen LogP contribution >= 0.6 is 0 Å². The average molecular weight is 241 g/mol. The van der Waals surface area contributed by atoms with E-state index in [0.29, 0.717) is 0 Å². The molecule has 0 aromatic heterocycles. The first-order valence-corrected chi connectivity index (χ1v) is 4.93. The molecular formula is C7H8NNaO5S. The average Bonchev–Trinajstić information content (AvgIpc) is 2.18. The zero-order valence-electron chi connectivity index (χ0n) is 9.21. The van der Waals surface area contributed by atoms with Crippen molar-refractivity contribution in [2.24, 2.45) is 0 Å². The number of nitro benzene ring substituents is 1. The van der Waals surface area contributed by atoms with Gasteiger partial charge in [0, 0.05) is 12.1 Å². The summed E-state index contributed by atoms with van der Waals surface area (Å²) in [6, 6.07) is 4.66. The fraction of sp³-hybridized carbons (Fsp3) is 0.143. The van der Waals surface area contributed by atoms with Gasteiger partial charge in [-0.1, -0.05) is 6.07 Å². The van der Waals surface area contributed by atoms with Crippen LogP contribution in [-0.2, 0) is 14.3 Å². The van der Waals surface area contributed by atoms with E-state index in [-0.39, 0.29) is 41.6 Å². The van der Waals surface area contributed by atoms with Crippen molar-refractivity contribution in [2.45, 2.75) is 4.90 Å². The second kappa shape index (κ2) is 5.57. The summed E-state index contributed by atoms with van der Waals surface area (Å²) in [4.78, 5) is 9.44. The van der Waals surface area contributed by atoms with E-state index in [0.717, 1.165) is 13.2 Å². The smallest absolute Gasteiger partial charge is 1.00 e. The molecule has 1 aromatic rings. The van der Waals surface area contributed by atoms with Crippen LogP contribution in [0.2, 0.25) is 0 Å². The minimum Gasteiger partial charge on any atom is -1.00 e. The molecule has 0 heterocycles. The molecule has 15 heavy (non-hydrogen) atoms. The Balaban J connectivity index is 0. The number of hydrogen-bond donors (Lipinski definition) is 0. The van der Waals surface area contributed by atoms with E-state index in [9.17, 15) is 18.5 Å². The van der Waals surface area contributed by atoms with Crippen molar-refractivity contribution in [1.29, 1.82) is 0 Å². The predicted molar refractivity (Wildman–Crippen MR) is 48.4 cm³/mol. The van der Waals surface area contributed by atoms with Crippen LogP contribution in [0.15, 0.2) is 29.2 Å². The molecule has 0 amide bonds. The van der Waals surface area contributed by atoms with Gasteiger partial charge in [0.1, 0.15) is 4.90 Å². The van der Waals surface area contributed by atoms with Crippen molar-refractivity contribution in [2.75, 3.05) is 7.11 Å². The fourth-order valence-corrected chi connectivity index (χ4v) is 1.55. The summed E-state index contributed by atoms with van der Waals surface area (Å²) < 4.78 is 26.5. The Morgan fingerprint density at radius 1 is 1.47 bits per heavy atom. The minimum atomic E-state index is -3.86. The Morgan fingerprint density at radius 3 is 2.53 bits per heavy atom. The molecule has 0 aliphatic heterocycles. The summed E-state index contributed by atoms with van der Waals surface area (Å²) in [5, 5.41) is 10.3. The number of non-ortho nitro benzene ring substituents is 1. The molecule has 0 saturated heterocycles. The van der Waals surface area contributed by atoms with Gasteiger partial charge in [-0.25, -0.2) is 0 Å². The molecule has 0 spiro atoms. The van der Waals surface area contributed by atoms with E-state index < -0.39 is 15.0 Å². The monoisotopic (exact) mass is 241 g/mol. The maximum atomic E-state index is 11.1. The number of hydrogen-bond acceptors (Lipinski definition) is 5. The second-order valence-corrected chi connectivity index (χ2v) is 4.09. The first-order chi connectivity index (χ1) is 6.47. The molecule has 78 valence electrons. The van der Waals surface area contributed by atoms with Crippen molar-refractivity contribution in [3.63, 3.8) is 0 Å². The van der Waals surface area contributed by atoms with Gasteiger partial charge in [-0.05, 0) is 6.07 Å². The molecular weight excluding hydrogens is 233 g/mol. The van der Waals surface area contributed by atoms with Gasteiger partial charge >= 0.3 is 29.6 Å². The van der Waals surface area contributed by atoms with E-state index in [1.165, 1.54) is 18.2 Å². The van der Waals surface area contributed by atoms with Gasteiger partial charge in [0.25, 0.3) is 15.8 Å². The molecule has 0 bridgehead atoms. The molecule has 0 atom stereocenters. The van der Waals surface area contributed by atoms with Crippen LogP contribution < -0.4 is 29.6 Å². The number of benzene rings is 1. The third kappa shape index (κ3) is 3.54. The van der Waals surface area contributed by atoms with E-state index in [2.05, 4.69) is 4.18 Å². The van der Waals surface area contributed by atoms with Gasteiger partial charge in [0.05, 0.1) is 12.0 Å². The molecule has 1 aromatic carbocycles. The van der Waals surface area contributed by atoms with Crippen LogP contribution in [0, 0.1) is 10.1 Å². The second-order valence-electron chi connectivity index (χ2n) is 2.38. The maximum Gasteiger partial charge on any atom is 1.00 e. The number of nitrogens with zero attached hydrogens (tertiary/aromatic N) is 1. The molecule has 0 aliphatic rings. The van der Waals surface area contributed by atoms with Crippen molar-refractivity contribution < 1.29 is 48.5 Å². The standard InChI is InChI=1S/C7H7NO5S.Na.H/c1-13-14(11,12)7-4-2-3-6(5-7)8(9)10;;/h2-5H,1H3;;/q;+1;-1. The number of nitro groups is 1. The molecule has 6 nitrogen and oxygen atoms in total. The Bertz CT molecular complexity index is 464. The first kappa shape index (κ1) is 14.5. The summed E-state index contributed by atoms with van der Waals surface area (Å²) in [5.41, 5.74) is -0.289. The minimum absolute atomic E-state index is 0. The number of rotatable bonds is 3. The molecule has 0 fully saturated rings. The predicted octanol–water partition coefficient (Wildman–Crippen LogP) is -1.95. The maximum absolute atomic E-state index is 11.1. The van der Waals surface area contributed by atoms with Crippen molar-refractivity contribution in [3.05, 3.63) is 34.4 Å². The van der Waals surface area contributed by atoms with Gasteiger partial charge in [-0.15, -0.1) is 0 Å². The Morgan fingerprint density at radius 2 is 2.07 bits per heavy atom. The van der Waals surface area contributed by atoms with E-state index >= 15 is 0 Å². The van der Waals surface area contributed by atoms with E-state index in [1.807, 2.05) is 0 Å². The van der Waals surface area contributed by atoms with Crippen LogP contribution in [0.3, 0.4) is 0 Å². The normalized spacial score (nSPS) is 10.5. The molecule has 0 N–H and O–H groups in total. The Kier molecular flexibility index (Phi) is 5.39.